The minimum absolute atomic E-state index is 0.0987. The lowest BCUT2D eigenvalue weighted by molar-refractivity contribution is -0.0942. The molecule has 0 aromatic heterocycles. The van der Waals surface area contributed by atoms with Gasteiger partial charge in [-0.25, -0.2) is 0 Å². The molecule has 21 heavy (non-hydrogen) atoms. The highest BCUT2D eigenvalue weighted by Crippen LogP contribution is 2.32. The van der Waals surface area contributed by atoms with E-state index in [1.807, 2.05) is 0 Å². The van der Waals surface area contributed by atoms with E-state index in [1.165, 1.54) is 11.1 Å². The fourth-order valence-corrected chi connectivity index (χ4v) is 3.45. The van der Waals surface area contributed by atoms with Gasteiger partial charge in [-0.3, -0.25) is 0 Å². The molecule has 0 aliphatic carbocycles. The zero-order valence-corrected chi connectivity index (χ0v) is 14.1. The maximum Gasteiger partial charge on any atom is 0.0692 e. The van der Waals surface area contributed by atoms with Crippen LogP contribution in [-0.2, 0) is 4.74 Å². The Hall–Kier alpha value is -0.860. The standard InChI is InChI=1S/C19H31NO/c1-5-18(16-10-8-15(4)9-11-16)20-17-12-13-21-19(6-2,7-3)14-17/h8-11,17-18,20H,5-7,12-14H2,1-4H3. The molecule has 1 aliphatic heterocycles. The molecule has 0 bridgehead atoms. The van der Waals surface area contributed by atoms with Crippen LogP contribution in [0.5, 0.6) is 0 Å². The van der Waals surface area contributed by atoms with E-state index in [-0.39, 0.29) is 5.60 Å². The summed E-state index contributed by atoms with van der Waals surface area (Å²) in [7, 11) is 0. The Morgan fingerprint density at radius 2 is 1.86 bits per heavy atom. The van der Waals surface area contributed by atoms with Crippen molar-refractivity contribution in [1.29, 1.82) is 0 Å². The Bertz CT molecular complexity index is 422. The van der Waals surface area contributed by atoms with Crippen molar-refractivity contribution in [2.24, 2.45) is 0 Å². The quantitative estimate of drug-likeness (QED) is 0.814. The second-order valence-corrected chi connectivity index (χ2v) is 6.47. The molecule has 2 unspecified atom stereocenters. The molecule has 1 aliphatic rings. The second kappa shape index (κ2) is 7.42. The number of aryl methyl sites for hydroxylation is 1. The van der Waals surface area contributed by atoms with Gasteiger partial charge in [-0.1, -0.05) is 50.6 Å². The van der Waals surface area contributed by atoms with Gasteiger partial charge >= 0.3 is 0 Å². The fraction of sp³-hybridized carbons (Fsp3) is 0.684. The summed E-state index contributed by atoms with van der Waals surface area (Å²) in [6.45, 7) is 9.81. The lowest BCUT2D eigenvalue weighted by atomic mass is 9.85. The van der Waals surface area contributed by atoms with E-state index in [0.717, 1.165) is 38.7 Å². The number of nitrogens with one attached hydrogen (secondary N) is 1. The molecular weight excluding hydrogens is 258 g/mol. The van der Waals surface area contributed by atoms with Gasteiger partial charge in [-0.2, -0.15) is 0 Å². The number of hydrogen-bond acceptors (Lipinski definition) is 2. The zero-order valence-electron chi connectivity index (χ0n) is 14.1. The molecule has 1 saturated heterocycles. The molecule has 1 heterocycles. The first kappa shape index (κ1) is 16.5. The van der Waals surface area contributed by atoms with Crippen LogP contribution in [0.1, 0.15) is 70.0 Å². The van der Waals surface area contributed by atoms with Crippen molar-refractivity contribution < 1.29 is 4.74 Å². The van der Waals surface area contributed by atoms with E-state index in [2.05, 4.69) is 57.3 Å². The van der Waals surface area contributed by atoms with Gasteiger partial charge in [0.05, 0.1) is 5.60 Å². The maximum absolute atomic E-state index is 6.09. The summed E-state index contributed by atoms with van der Waals surface area (Å²) >= 11 is 0. The Kier molecular flexibility index (Phi) is 5.83. The predicted molar refractivity (Wildman–Crippen MR) is 89.6 cm³/mol. The van der Waals surface area contributed by atoms with Crippen LogP contribution in [0.25, 0.3) is 0 Å². The van der Waals surface area contributed by atoms with Crippen LogP contribution < -0.4 is 5.32 Å². The van der Waals surface area contributed by atoms with E-state index in [0.29, 0.717) is 12.1 Å². The minimum atomic E-state index is 0.0987. The van der Waals surface area contributed by atoms with Crippen molar-refractivity contribution in [2.75, 3.05) is 6.61 Å². The summed E-state index contributed by atoms with van der Waals surface area (Å²) in [4.78, 5) is 0. The minimum Gasteiger partial charge on any atom is -0.375 e. The fourth-order valence-electron chi connectivity index (χ4n) is 3.45. The maximum atomic E-state index is 6.09. The van der Waals surface area contributed by atoms with E-state index in [1.54, 1.807) is 0 Å². The lowest BCUT2D eigenvalue weighted by Gasteiger charge is -2.41. The van der Waals surface area contributed by atoms with Gasteiger partial charge in [-0.05, 0) is 44.6 Å². The highest BCUT2D eigenvalue weighted by Gasteiger charge is 2.35. The average molecular weight is 289 g/mol. The third-order valence-electron chi connectivity index (χ3n) is 5.11. The first-order valence-electron chi connectivity index (χ1n) is 8.59. The topological polar surface area (TPSA) is 21.3 Å². The summed E-state index contributed by atoms with van der Waals surface area (Å²) in [6, 6.07) is 9.99. The van der Waals surface area contributed by atoms with E-state index >= 15 is 0 Å². The molecule has 0 amide bonds. The Morgan fingerprint density at radius 3 is 2.43 bits per heavy atom. The number of rotatable bonds is 6. The molecule has 0 spiro atoms. The van der Waals surface area contributed by atoms with Crippen molar-refractivity contribution >= 4 is 0 Å². The molecule has 0 radical (unpaired) electrons. The molecule has 118 valence electrons. The number of benzene rings is 1. The third kappa shape index (κ3) is 4.08. The van der Waals surface area contributed by atoms with Crippen LogP contribution in [-0.4, -0.2) is 18.2 Å². The van der Waals surface area contributed by atoms with Crippen molar-refractivity contribution in [3.8, 4) is 0 Å². The first-order valence-corrected chi connectivity index (χ1v) is 8.59. The van der Waals surface area contributed by atoms with Gasteiger partial charge in [0.1, 0.15) is 0 Å². The van der Waals surface area contributed by atoms with Crippen LogP contribution in [0.4, 0.5) is 0 Å². The van der Waals surface area contributed by atoms with Crippen molar-refractivity contribution in [2.45, 2.75) is 77.5 Å². The Balaban J connectivity index is 2.03. The summed E-state index contributed by atoms with van der Waals surface area (Å²) in [5.41, 5.74) is 2.84. The monoisotopic (exact) mass is 289 g/mol. The molecule has 2 nitrogen and oxygen atoms in total. The van der Waals surface area contributed by atoms with Crippen molar-refractivity contribution in [3.05, 3.63) is 35.4 Å². The number of hydrogen-bond donors (Lipinski definition) is 1. The largest absolute Gasteiger partial charge is 0.375 e. The SMILES string of the molecule is CCC(NC1CCOC(CC)(CC)C1)c1ccc(C)cc1. The normalized spacial score (nSPS) is 23.0. The summed E-state index contributed by atoms with van der Waals surface area (Å²) in [6.07, 6.45) is 5.63. The van der Waals surface area contributed by atoms with Gasteiger partial charge < -0.3 is 10.1 Å². The smallest absolute Gasteiger partial charge is 0.0692 e. The zero-order chi connectivity index (χ0) is 15.3. The van der Waals surface area contributed by atoms with Gasteiger partial charge in [0.15, 0.2) is 0 Å². The molecule has 1 N–H and O–H groups in total. The molecular formula is C19H31NO. The molecule has 1 aromatic carbocycles. The number of ether oxygens (including phenoxy) is 1. The van der Waals surface area contributed by atoms with E-state index in [4.69, 9.17) is 4.74 Å². The van der Waals surface area contributed by atoms with Crippen LogP contribution in [0.2, 0.25) is 0 Å². The molecule has 2 atom stereocenters. The molecule has 2 rings (SSSR count). The lowest BCUT2D eigenvalue weighted by Crippen LogP contribution is -2.47. The van der Waals surface area contributed by atoms with Crippen molar-refractivity contribution in [1.82, 2.24) is 5.32 Å². The van der Waals surface area contributed by atoms with E-state index in [9.17, 15) is 0 Å². The average Bonchev–Trinajstić information content (AvgIpc) is 2.53. The molecule has 1 aromatic rings. The van der Waals surface area contributed by atoms with Crippen LogP contribution in [0, 0.1) is 6.92 Å². The van der Waals surface area contributed by atoms with Gasteiger partial charge in [0, 0.05) is 18.7 Å². The van der Waals surface area contributed by atoms with Crippen LogP contribution in [0.15, 0.2) is 24.3 Å². The highest BCUT2D eigenvalue weighted by atomic mass is 16.5. The molecule has 0 saturated carbocycles. The second-order valence-electron chi connectivity index (χ2n) is 6.47. The van der Waals surface area contributed by atoms with Crippen molar-refractivity contribution in [3.63, 3.8) is 0 Å². The summed E-state index contributed by atoms with van der Waals surface area (Å²) in [5.74, 6) is 0. The first-order chi connectivity index (χ1) is 10.1. The third-order valence-corrected chi connectivity index (χ3v) is 5.11. The van der Waals surface area contributed by atoms with E-state index < -0.39 is 0 Å². The summed E-state index contributed by atoms with van der Waals surface area (Å²) < 4.78 is 6.09. The molecule has 1 fully saturated rings. The molecule has 2 heteroatoms. The highest BCUT2D eigenvalue weighted by molar-refractivity contribution is 5.24. The summed E-state index contributed by atoms with van der Waals surface area (Å²) in [5, 5.41) is 3.88. The Morgan fingerprint density at radius 1 is 1.19 bits per heavy atom. The predicted octanol–water partition coefficient (Wildman–Crippen LogP) is 4.77. The van der Waals surface area contributed by atoms with Gasteiger partial charge in [-0.15, -0.1) is 0 Å². The van der Waals surface area contributed by atoms with Gasteiger partial charge in [0.2, 0.25) is 0 Å². The Labute approximate surface area is 130 Å². The van der Waals surface area contributed by atoms with Crippen LogP contribution in [0.3, 0.4) is 0 Å². The van der Waals surface area contributed by atoms with Gasteiger partial charge in [0.25, 0.3) is 0 Å². The van der Waals surface area contributed by atoms with Crippen LogP contribution >= 0.6 is 0 Å².